The number of nitro benzene ring substituents is 1. The highest BCUT2D eigenvalue weighted by Crippen LogP contribution is 2.29. The van der Waals surface area contributed by atoms with Gasteiger partial charge in [-0.05, 0) is 37.1 Å². The Labute approximate surface area is 188 Å². The minimum Gasteiger partial charge on any atom is -0.480 e. The zero-order chi connectivity index (χ0) is 22.8. The summed E-state index contributed by atoms with van der Waals surface area (Å²) in [5.41, 5.74) is 0.383. The topological polar surface area (TPSA) is 121 Å². The number of carbonyl (C=O) groups is 1. The van der Waals surface area contributed by atoms with Gasteiger partial charge in [-0.15, -0.1) is 0 Å². The fourth-order valence-corrected chi connectivity index (χ4v) is 5.81. The van der Waals surface area contributed by atoms with Crippen LogP contribution in [0.3, 0.4) is 0 Å². The summed E-state index contributed by atoms with van der Waals surface area (Å²) in [7, 11) is -4.11. The van der Waals surface area contributed by atoms with E-state index in [1.54, 1.807) is 11.8 Å². The van der Waals surface area contributed by atoms with Crippen molar-refractivity contribution < 1.29 is 23.2 Å². The number of nitrogens with zero attached hydrogens (tertiary/aromatic N) is 3. The van der Waals surface area contributed by atoms with Crippen molar-refractivity contribution in [3.8, 4) is 0 Å². The van der Waals surface area contributed by atoms with Gasteiger partial charge in [-0.3, -0.25) is 19.8 Å². The molecule has 0 aliphatic carbocycles. The van der Waals surface area contributed by atoms with Crippen LogP contribution in [0.1, 0.15) is 12.5 Å². The van der Waals surface area contributed by atoms with Gasteiger partial charge >= 0.3 is 5.97 Å². The van der Waals surface area contributed by atoms with E-state index in [-0.39, 0.29) is 31.0 Å². The number of sulfonamides is 1. The lowest BCUT2D eigenvalue weighted by molar-refractivity contribution is -0.387. The van der Waals surface area contributed by atoms with Gasteiger partial charge in [0.05, 0.1) is 4.92 Å². The number of halogens is 1. The average molecular weight is 512 g/mol. The predicted molar refractivity (Wildman–Crippen MR) is 117 cm³/mol. The van der Waals surface area contributed by atoms with E-state index < -0.39 is 38.7 Å². The molecule has 2 aromatic carbocycles. The highest BCUT2D eigenvalue weighted by atomic mass is 79.9. The van der Waals surface area contributed by atoms with Gasteiger partial charge in [-0.2, -0.15) is 4.31 Å². The summed E-state index contributed by atoms with van der Waals surface area (Å²) in [4.78, 5) is 23.9. The zero-order valence-electron chi connectivity index (χ0n) is 16.7. The molecule has 11 heteroatoms. The second-order valence-electron chi connectivity index (χ2n) is 7.37. The first-order valence-corrected chi connectivity index (χ1v) is 11.8. The molecule has 0 bridgehead atoms. The first kappa shape index (κ1) is 23.3. The van der Waals surface area contributed by atoms with Crippen molar-refractivity contribution in [2.24, 2.45) is 0 Å². The molecule has 0 spiro atoms. The van der Waals surface area contributed by atoms with Crippen molar-refractivity contribution in [2.45, 2.75) is 30.3 Å². The lowest BCUT2D eigenvalue weighted by atomic mass is 10.0. The number of carboxylic acid groups (broad SMARTS) is 1. The molecule has 0 aromatic heterocycles. The summed E-state index contributed by atoms with van der Waals surface area (Å²) in [6, 6.07) is 11.3. The van der Waals surface area contributed by atoms with Crippen LogP contribution in [0.4, 0.5) is 5.69 Å². The molecule has 1 saturated heterocycles. The van der Waals surface area contributed by atoms with Gasteiger partial charge in [0.15, 0.2) is 4.90 Å². The summed E-state index contributed by atoms with van der Waals surface area (Å²) in [6.45, 7) is 2.13. The molecule has 0 saturated carbocycles. The number of para-hydroxylation sites is 1. The van der Waals surface area contributed by atoms with Gasteiger partial charge in [0.25, 0.3) is 5.69 Å². The first-order chi connectivity index (χ1) is 14.6. The molecule has 31 heavy (non-hydrogen) atoms. The smallest absolute Gasteiger partial charge is 0.321 e. The number of rotatable bonds is 7. The van der Waals surface area contributed by atoms with E-state index in [9.17, 15) is 28.4 Å². The van der Waals surface area contributed by atoms with E-state index in [0.717, 1.165) is 16.1 Å². The second-order valence-corrected chi connectivity index (χ2v) is 10.1. The average Bonchev–Trinajstić information content (AvgIpc) is 2.72. The van der Waals surface area contributed by atoms with Crippen LogP contribution >= 0.6 is 15.9 Å². The highest BCUT2D eigenvalue weighted by molar-refractivity contribution is 9.10. The van der Waals surface area contributed by atoms with Gasteiger partial charge in [0.2, 0.25) is 10.0 Å². The maximum Gasteiger partial charge on any atom is 0.321 e. The Bertz CT molecular complexity index is 1080. The molecule has 2 aromatic rings. The van der Waals surface area contributed by atoms with Crippen molar-refractivity contribution >= 4 is 37.6 Å². The van der Waals surface area contributed by atoms with Crippen molar-refractivity contribution in [2.75, 3.05) is 19.6 Å². The lowest BCUT2D eigenvalue weighted by Crippen LogP contribution is -2.58. The SMILES string of the molecule is C[C@H]1CN(C(Cc2ccc(Br)cc2)C(=O)O)CCN1S(=O)(=O)c1ccccc1[N+](=O)[O-]. The third-order valence-corrected chi connectivity index (χ3v) is 7.90. The van der Waals surface area contributed by atoms with Crippen LogP contribution in [-0.2, 0) is 21.2 Å². The Morgan fingerprint density at radius 1 is 1.23 bits per heavy atom. The summed E-state index contributed by atoms with van der Waals surface area (Å²) in [6.07, 6.45) is 0.284. The minimum atomic E-state index is -4.11. The molecule has 1 heterocycles. The van der Waals surface area contributed by atoms with E-state index in [1.807, 2.05) is 24.3 Å². The molecule has 1 fully saturated rings. The third kappa shape index (κ3) is 5.12. The van der Waals surface area contributed by atoms with Crippen molar-refractivity contribution in [1.29, 1.82) is 0 Å². The largest absolute Gasteiger partial charge is 0.480 e. The van der Waals surface area contributed by atoms with Crippen LogP contribution in [0.25, 0.3) is 0 Å². The number of piperazine rings is 1. The fourth-order valence-electron chi connectivity index (χ4n) is 3.78. The molecular weight excluding hydrogens is 490 g/mol. The van der Waals surface area contributed by atoms with E-state index in [0.29, 0.717) is 0 Å². The lowest BCUT2D eigenvalue weighted by Gasteiger charge is -2.41. The monoisotopic (exact) mass is 511 g/mol. The van der Waals surface area contributed by atoms with Crippen molar-refractivity contribution in [1.82, 2.24) is 9.21 Å². The first-order valence-electron chi connectivity index (χ1n) is 9.58. The Kier molecular flexibility index (Phi) is 7.10. The maximum absolute atomic E-state index is 13.1. The van der Waals surface area contributed by atoms with Crippen molar-refractivity contribution in [3.05, 3.63) is 68.7 Å². The van der Waals surface area contributed by atoms with Crippen LogP contribution in [0, 0.1) is 10.1 Å². The number of hydrogen-bond donors (Lipinski definition) is 1. The molecule has 9 nitrogen and oxygen atoms in total. The molecule has 3 rings (SSSR count). The van der Waals surface area contributed by atoms with Crippen LogP contribution < -0.4 is 0 Å². The molecule has 1 aliphatic rings. The summed E-state index contributed by atoms with van der Waals surface area (Å²) < 4.78 is 28.4. The summed E-state index contributed by atoms with van der Waals surface area (Å²) in [5, 5.41) is 21.1. The minimum absolute atomic E-state index is 0.0413. The van der Waals surface area contributed by atoms with Crippen molar-refractivity contribution in [3.63, 3.8) is 0 Å². The standard InChI is InChI=1S/C20H22BrN3O6S/c1-14-13-22(18(20(25)26)12-15-6-8-16(21)9-7-15)10-11-23(14)31(29,30)19-5-3-2-4-17(19)24(27)28/h2-9,14,18H,10-13H2,1H3,(H,25,26)/t14-,18?/m0/s1. The molecule has 0 radical (unpaired) electrons. The Morgan fingerprint density at radius 3 is 2.45 bits per heavy atom. The number of aliphatic carboxylic acids is 1. The number of benzene rings is 2. The van der Waals surface area contributed by atoms with Gasteiger partial charge < -0.3 is 5.11 Å². The molecule has 1 unspecified atom stereocenters. The predicted octanol–water partition coefficient (Wildman–Crippen LogP) is 2.75. The number of carboxylic acids is 1. The summed E-state index contributed by atoms with van der Waals surface area (Å²) in [5.74, 6) is -0.981. The van der Waals surface area contributed by atoms with E-state index in [2.05, 4.69) is 15.9 Å². The molecule has 1 aliphatic heterocycles. The van der Waals surface area contributed by atoms with Crippen LogP contribution in [0.15, 0.2) is 57.9 Å². The highest BCUT2D eigenvalue weighted by Gasteiger charge is 2.39. The maximum atomic E-state index is 13.1. The summed E-state index contributed by atoms with van der Waals surface area (Å²) >= 11 is 3.35. The fraction of sp³-hybridized carbons (Fsp3) is 0.350. The third-order valence-electron chi connectivity index (χ3n) is 5.31. The van der Waals surface area contributed by atoms with E-state index in [4.69, 9.17) is 0 Å². The van der Waals surface area contributed by atoms with Gasteiger partial charge in [0, 0.05) is 36.2 Å². The Morgan fingerprint density at radius 2 is 1.87 bits per heavy atom. The van der Waals surface area contributed by atoms with Gasteiger partial charge in [-0.25, -0.2) is 8.42 Å². The molecular formula is C20H22BrN3O6S. The Hall–Kier alpha value is -2.34. The number of nitro groups is 1. The van der Waals surface area contributed by atoms with E-state index >= 15 is 0 Å². The zero-order valence-corrected chi connectivity index (χ0v) is 19.1. The van der Waals surface area contributed by atoms with Gasteiger partial charge in [-0.1, -0.05) is 40.2 Å². The second kappa shape index (κ2) is 9.43. The number of hydrogen-bond acceptors (Lipinski definition) is 6. The van der Waals surface area contributed by atoms with Gasteiger partial charge in [0.1, 0.15) is 6.04 Å². The van der Waals surface area contributed by atoms with Crippen LogP contribution in [0.5, 0.6) is 0 Å². The normalized spacial score (nSPS) is 19.1. The quantitative estimate of drug-likeness (QED) is 0.447. The molecule has 0 amide bonds. The molecule has 166 valence electrons. The van der Waals surface area contributed by atoms with E-state index in [1.165, 1.54) is 22.5 Å². The van der Waals surface area contributed by atoms with Crippen LogP contribution in [0.2, 0.25) is 0 Å². The molecule has 2 atom stereocenters. The Balaban J connectivity index is 1.80. The van der Waals surface area contributed by atoms with Crippen LogP contribution in [-0.4, -0.2) is 65.3 Å². The molecule has 1 N–H and O–H groups in total.